The van der Waals surface area contributed by atoms with E-state index in [1.165, 1.54) is 10.6 Å². The third kappa shape index (κ3) is 3.67. The highest BCUT2D eigenvalue weighted by atomic mass is 16.2. The van der Waals surface area contributed by atoms with Crippen LogP contribution in [0.15, 0.2) is 23.1 Å². The first kappa shape index (κ1) is 16.7. The molecule has 0 aliphatic carbocycles. The quantitative estimate of drug-likeness (QED) is 0.767. The Morgan fingerprint density at radius 2 is 1.62 bits per heavy atom. The Morgan fingerprint density at radius 3 is 2.25 bits per heavy atom. The number of amides is 2. The van der Waals surface area contributed by atoms with Crippen molar-refractivity contribution in [1.82, 2.24) is 19.3 Å². The zero-order chi connectivity index (χ0) is 17.1. The molecular weight excluding hydrogens is 308 g/mol. The van der Waals surface area contributed by atoms with E-state index in [2.05, 4.69) is 4.90 Å². The van der Waals surface area contributed by atoms with Gasteiger partial charge in [0.2, 0.25) is 11.5 Å². The van der Waals surface area contributed by atoms with Crippen LogP contribution < -0.4 is 5.56 Å². The molecule has 1 aromatic heterocycles. The van der Waals surface area contributed by atoms with Crippen molar-refractivity contribution in [1.29, 1.82) is 0 Å². The molecule has 0 radical (unpaired) electrons. The van der Waals surface area contributed by atoms with Crippen molar-refractivity contribution in [2.45, 2.75) is 12.8 Å². The first-order valence-electron chi connectivity index (χ1n) is 8.51. The molecule has 2 saturated heterocycles. The van der Waals surface area contributed by atoms with Gasteiger partial charge < -0.3 is 14.4 Å². The SMILES string of the molecule is Cn1cc(C(=O)N2CCN(CC(=O)N3CCCC3)CC2)ccc1=O. The lowest BCUT2D eigenvalue weighted by Gasteiger charge is -2.35. The van der Waals surface area contributed by atoms with Gasteiger partial charge in [0, 0.05) is 58.6 Å². The molecule has 0 atom stereocenters. The van der Waals surface area contributed by atoms with Crippen molar-refractivity contribution in [3.63, 3.8) is 0 Å². The van der Waals surface area contributed by atoms with Crippen LogP contribution in [0.1, 0.15) is 23.2 Å². The third-order valence-electron chi connectivity index (χ3n) is 4.81. The Kier molecular flexibility index (Phi) is 4.99. The zero-order valence-electron chi connectivity index (χ0n) is 14.1. The Hall–Kier alpha value is -2.15. The molecule has 2 amide bonds. The molecule has 0 spiro atoms. The molecule has 3 heterocycles. The van der Waals surface area contributed by atoms with Crippen LogP contribution in [0.2, 0.25) is 0 Å². The number of hydrogen-bond donors (Lipinski definition) is 0. The fraction of sp³-hybridized carbons (Fsp3) is 0.588. The molecule has 130 valence electrons. The van der Waals surface area contributed by atoms with E-state index < -0.39 is 0 Å². The number of carbonyl (C=O) groups excluding carboxylic acids is 2. The molecule has 0 bridgehead atoms. The monoisotopic (exact) mass is 332 g/mol. The summed E-state index contributed by atoms with van der Waals surface area (Å²) in [5.41, 5.74) is 0.399. The van der Waals surface area contributed by atoms with Crippen molar-refractivity contribution < 1.29 is 9.59 Å². The van der Waals surface area contributed by atoms with Crippen LogP contribution in [0.25, 0.3) is 0 Å². The van der Waals surface area contributed by atoms with Crippen LogP contribution >= 0.6 is 0 Å². The van der Waals surface area contributed by atoms with Crippen LogP contribution in [0.5, 0.6) is 0 Å². The smallest absolute Gasteiger partial charge is 0.255 e. The largest absolute Gasteiger partial charge is 0.342 e. The maximum atomic E-state index is 12.5. The highest BCUT2D eigenvalue weighted by molar-refractivity contribution is 5.94. The fourth-order valence-corrected chi connectivity index (χ4v) is 3.27. The lowest BCUT2D eigenvalue weighted by Crippen LogP contribution is -2.51. The maximum Gasteiger partial charge on any atom is 0.255 e. The van der Waals surface area contributed by atoms with Crippen LogP contribution in [-0.2, 0) is 11.8 Å². The van der Waals surface area contributed by atoms with E-state index in [1.54, 1.807) is 24.2 Å². The summed E-state index contributed by atoms with van der Waals surface area (Å²) in [6, 6.07) is 2.99. The zero-order valence-corrected chi connectivity index (χ0v) is 14.1. The lowest BCUT2D eigenvalue weighted by atomic mass is 10.2. The van der Waals surface area contributed by atoms with E-state index in [4.69, 9.17) is 0 Å². The molecule has 0 saturated carbocycles. The Balaban J connectivity index is 1.52. The van der Waals surface area contributed by atoms with Gasteiger partial charge in [0.15, 0.2) is 0 Å². The first-order valence-corrected chi connectivity index (χ1v) is 8.51. The standard InChI is InChI=1S/C17H24N4O3/c1-18-12-14(4-5-15(18)22)17(24)21-10-8-19(9-11-21)13-16(23)20-6-2-3-7-20/h4-5,12H,2-3,6-11,13H2,1H3. The van der Waals surface area contributed by atoms with E-state index in [0.29, 0.717) is 38.3 Å². The molecular formula is C17H24N4O3. The predicted molar refractivity (Wildman–Crippen MR) is 89.8 cm³/mol. The summed E-state index contributed by atoms with van der Waals surface area (Å²) in [5.74, 6) is 0.140. The molecule has 24 heavy (non-hydrogen) atoms. The van der Waals surface area contributed by atoms with Gasteiger partial charge in [-0.25, -0.2) is 0 Å². The summed E-state index contributed by atoms with van der Waals surface area (Å²) in [6.07, 6.45) is 3.79. The van der Waals surface area contributed by atoms with Gasteiger partial charge in [0.1, 0.15) is 0 Å². The summed E-state index contributed by atoms with van der Waals surface area (Å²) in [7, 11) is 1.64. The average molecular weight is 332 g/mol. The van der Waals surface area contributed by atoms with Gasteiger partial charge >= 0.3 is 0 Å². The normalized spacial score (nSPS) is 18.9. The summed E-state index contributed by atoms with van der Waals surface area (Å²) in [6.45, 7) is 4.83. The predicted octanol–water partition coefficient (Wildman–Crippen LogP) is -0.234. The van der Waals surface area contributed by atoms with Crippen molar-refractivity contribution in [3.05, 3.63) is 34.2 Å². The third-order valence-corrected chi connectivity index (χ3v) is 4.81. The van der Waals surface area contributed by atoms with Crippen LogP contribution in [0.4, 0.5) is 0 Å². The maximum absolute atomic E-state index is 12.5. The molecule has 0 unspecified atom stereocenters. The number of aromatic nitrogens is 1. The molecule has 7 nitrogen and oxygen atoms in total. The van der Waals surface area contributed by atoms with Crippen molar-refractivity contribution in [2.75, 3.05) is 45.8 Å². The number of rotatable bonds is 3. The molecule has 3 rings (SSSR count). The summed E-state index contributed by atoms with van der Waals surface area (Å²) >= 11 is 0. The van der Waals surface area contributed by atoms with Crippen molar-refractivity contribution in [3.8, 4) is 0 Å². The minimum atomic E-state index is -0.128. The second kappa shape index (κ2) is 7.17. The van der Waals surface area contributed by atoms with Gasteiger partial charge in [0.25, 0.3) is 5.91 Å². The minimum absolute atomic E-state index is 0.0591. The van der Waals surface area contributed by atoms with Gasteiger partial charge in [-0.3, -0.25) is 19.3 Å². The van der Waals surface area contributed by atoms with E-state index in [-0.39, 0.29) is 17.4 Å². The number of likely N-dealkylation sites (tertiary alicyclic amines) is 1. The number of aryl methyl sites for hydroxylation is 1. The van der Waals surface area contributed by atoms with E-state index >= 15 is 0 Å². The Labute approximate surface area is 141 Å². The van der Waals surface area contributed by atoms with Gasteiger partial charge in [-0.2, -0.15) is 0 Å². The van der Waals surface area contributed by atoms with Gasteiger partial charge in [0.05, 0.1) is 12.1 Å². The second-order valence-corrected chi connectivity index (χ2v) is 6.52. The average Bonchev–Trinajstić information content (AvgIpc) is 3.12. The van der Waals surface area contributed by atoms with Gasteiger partial charge in [-0.1, -0.05) is 0 Å². The Morgan fingerprint density at radius 1 is 0.958 bits per heavy atom. The molecule has 2 aliphatic rings. The minimum Gasteiger partial charge on any atom is -0.342 e. The molecule has 1 aromatic rings. The highest BCUT2D eigenvalue weighted by Crippen LogP contribution is 2.11. The van der Waals surface area contributed by atoms with E-state index in [0.717, 1.165) is 25.9 Å². The number of nitrogens with zero attached hydrogens (tertiary/aromatic N) is 4. The van der Waals surface area contributed by atoms with Gasteiger partial charge in [-0.15, -0.1) is 0 Å². The van der Waals surface area contributed by atoms with Crippen LogP contribution in [0.3, 0.4) is 0 Å². The van der Waals surface area contributed by atoms with E-state index in [9.17, 15) is 14.4 Å². The number of carbonyl (C=O) groups is 2. The highest BCUT2D eigenvalue weighted by Gasteiger charge is 2.25. The number of hydrogen-bond acceptors (Lipinski definition) is 4. The lowest BCUT2D eigenvalue weighted by molar-refractivity contribution is -0.131. The second-order valence-electron chi connectivity index (χ2n) is 6.52. The summed E-state index contributed by atoms with van der Waals surface area (Å²) in [5, 5.41) is 0. The van der Waals surface area contributed by atoms with Crippen LogP contribution in [0, 0.1) is 0 Å². The van der Waals surface area contributed by atoms with Crippen molar-refractivity contribution in [2.24, 2.45) is 7.05 Å². The molecule has 7 heteroatoms. The molecule has 0 aromatic carbocycles. The molecule has 2 aliphatic heterocycles. The van der Waals surface area contributed by atoms with Gasteiger partial charge in [-0.05, 0) is 18.9 Å². The first-order chi connectivity index (χ1) is 11.5. The summed E-state index contributed by atoms with van der Waals surface area (Å²) < 4.78 is 1.41. The topological polar surface area (TPSA) is 65.9 Å². The molecule has 2 fully saturated rings. The van der Waals surface area contributed by atoms with E-state index in [1.807, 2.05) is 4.90 Å². The fourth-order valence-electron chi connectivity index (χ4n) is 3.27. The number of pyridine rings is 1. The van der Waals surface area contributed by atoms with Crippen LogP contribution in [-0.4, -0.2) is 76.9 Å². The summed E-state index contributed by atoms with van der Waals surface area (Å²) in [4.78, 5) is 42.0. The Bertz CT molecular complexity index is 671. The molecule has 0 N–H and O–H groups in total. The van der Waals surface area contributed by atoms with Crippen molar-refractivity contribution >= 4 is 11.8 Å². The number of piperazine rings is 1.